The molecule has 0 unspecified atom stereocenters. The van der Waals surface area contributed by atoms with Crippen molar-refractivity contribution in [3.8, 4) is 0 Å². The van der Waals surface area contributed by atoms with Crippen molar-refractivity contribution in [2.75, 3.05) is 11.9 Å². The van der Waals surface area contributed by atoms with Crippen LogP contribution in [0.4, 0.5) is 5.69 Å². The summed E-state index contributed by atoms with van der Waals surface area (Å²) in [4.78, 5) is 12.5. The lowest BCUT2D eigenvalue weighted by Gasteiger charge is -2.22. The van der Waals surface area contributed by atoms with Crippen LogP contribution in [-0.2, 0) is 6.42 Å². The maximum atomic E-state index is 12.5. The molecule has 1 aromatic rings. The molecule has 1 N–H and O–H groups in total. The van der Waals surface area contributed by atoms with Gasteiger partial charge in [-0.3, -0.25) is 4.79 Å². The van der Waals surface area contributed by atoms with Gasteiger partial charge in [0.15, 0.2) is 5.78 Å². The van der Waals surface area contributed by atoms with Gasteiger partial charge in [0.1, 0.15) is 0 Å². The van der Waals surface area contributed by atoms with Gasteiger partial charge in [-0.2, -0.15) is 0 Å². The summed E-state index contributed by atoms with van der Waals surface area (Å²) in [6.07, 6.45) is 4.03. The summed E-state index contributed by atoms with van der Waals surface area (Å²) < 4.78 is 0. The summed E-state index contributed by atoms with van der Waals surface area (Å²) in [6.45, 7) is 5.22. The fourth-order valence-electron chi connectivity index (χ4n) is 2.62. The number of hydrogen-bond donors (Lipinski definition) is 1. The molecule has 2 rings (SSSR count). The highest BCUT2D eigenvalue weighted by Gasteiger charge is 2.21. The summed E-state index contributed by atoms with van der Waals surface area (Å²) in [5.41, 5.74) is 3.34. The van der Waals surface area contributed by atoms with E-state index in [4.69, 9.17) is 0 Å². The first-order valence-corrected chi connectivity index (χ1v) is 6.67. The first-order chi connectivity index (χ1) is 8.27. The average molecular weight is 231 g/mol. The molecule has 0 bridgehead atoms. The molecule has 92 valence electrons. The van der Waals surface area contributed by atoms with E-state index in [0.29, 0.717) is 5.78 Å². The highest BCUT2D eigenvalue weighted by Crippen LogP contribution is 2.28. The second kappa shape index (κ2) is 5.35. The fourth-order valence-corrected chi connectivity index (χ4v) is 2.62. The first-order valence-electron chi connectivity index (χ1n) is 6.67. The number of fused-ring (bicyclic) bond motifs is 1. The SMILES string of the molecule is CCC(CC)C(=O)c1cccc2c1CCCN2. The van der Waals surface area contributed by atoms with Crippen LogP contribution in [0.25, 0.3) is 0 Å². The molecule has 0 fully saturated rings. The first kappa shape index (κ1) is 12.2. The van der Waals surface area contributed by atoms with Crippen LogP contribution in [0.3, 0.4) is 0 Å². The van der Waals surface area contributed by atoms with Crippen molar-refractivity contribution in [1.82, 2.24) is 0 Å². The zero-order valence-electron chi connectivity index (χ0n) is 10.8. The smallest absolute Gasteiger partial charge is 0.166 e. The van der Waals surface area contributed by atoms with Crippen LogP contribution < -0.4 is 5.32 Å². The monoisotopic (exact) mass is 231 g/mol. The van der Waals surface area contributed by atoms with Crippen molar-refractivity contribution in [3.05, 3.63) is 29.3 Å². The van der Waals surface area contributed by atoms with Crippen molar-refractivity contribution in [1.29, 1.82) is 0 Å². The summed E-state index contributed by atoms with van der Waals surface area (Å²) in [5.74, 6) is 0.513. The Morgan fingerprint density at radius 2 is 2.12 bits per heavy atom. The van der Waals surface area contributed by atoms with Crippen LogP contribution in [0.2, 0.25) is 0 Å². The fraction of sp³-hybridized carbons (Fsp3) is 0.533. The van der Waals surface area contributed by atoms with Gasteiger partial charge in [0, 0.05) is 23.7 Å². The number of ketones is 1. The number of carbonyl (C=O) groups is 1. The minimum atomic E-state index is 0.184. The van der Waals surface area contributed by atoms with Gasteiger partial charge in [-0.15, -0.1) is 0 Å². The molecule has 1 aliphatic rings. The maximum absolute atomic E-state index is 12.5. The molecule has 2 nitrogen and oxygen atoms in total. The molecule has 0 aliphatic carbocycles. The molecule has 17 heavy (non-hydrogen) atoms. The molecule has 1 aliphatic heterocycles. The minimum absolute atomic E-state index is 0.184. The number of anilines is 1. The van der Waals surface area contributed by atoms with E-state index in [1.54, 1.807) is 0 Å². The van der Waals surface area contributed by atoms with E-state index >= 15 is 0 Å². The van der Waals surface area contributed by atoms with Gasteiger partial charge in [-0.05, 0) is 37.3 Å². The zero-order chi connectivity index (χ0) is 12.3. The van der Waals surface area contributed by atoms with Crippen molar-refractivity contribution in [2.45, 2.75) is 39.5 Å². The van der Waals surface area contributed by atoms with Crippen molar-refractivity contribution >= 4 is 11.5 Å². The van der Waals surface area contributed by atoms with Crippen LogP contribution in [0, 0.1) is 5.92 Å². The number of carbonyl (C=O) groups excluding carboxylic acids is 1. The molecular formula is C15H21NO. The third kappa shape index (κ3) is 2.36. The Morgan fingerprint density at radius 1 is 1.35 bits per heavy atom. The van der Waals surface area contributed by atoms with E-state index in [0.717, 1.165) is 43.5 Å². The predicted octanol–water partition coefficient (Wildman–Crippen LogP) is 3.66. The number of Topliss-reactive ketones (excluding diaryl/α,β-unsaturated/α-hetero) is 1. The Labute approximate surface area is 103 Å². The average Bonchev–Trinajstić information content (AvgIpc) is 2.39. The van der Waals surface area contributed by atoms with Crippen molar-refractivity contribution < 1.29 is 4.79 Å². The van der Waals surface area contributed by atoms with Gasteiger partial charge >= 0.3 is 0 Å². The molecule has 0 aromatic heterocycles. The minimum Gasteiger partial charge on any atom is -0.385 e. The molecule has 1 heterocycles. The second-order valence-electron chi connectivity index (χ2n) is 4.74. The molecule has 0 atom stereocenters. The van der Waals surface area contributed by atoms with Crippen LogP contribution >= 0.6 is 0 Å². The number of hydrogen-bond acceptors (Lipinski definition) is 2. The van der Waals surface area contributed by atoms with Crippen molar-refractivity contribution in [3.63, 3.8) is 0 Å². The van der Waals surface area contributed by atoms with E-state index in [-0.39, 0.29) is 5.92 Å². The Hall–Kier alpha value is -1.31. The predicted molar refractivity (Wildman–Crippen MR) is 71.7 cm³/mol. The largest absolute Gasteiger partial charge is 0.385 e. The third-order valence-electron chi connectivity index (χ3n) is 3.72. The Kier molecular flexibility index (Phi) is 3.82. The van der Waals surface area contributed by atoms with E-state index < -0.39 is 0 Å². The highest BCUT2D eigenvalue weighted by molar-refractivity contribution is 6.00. The van der Waals surface area contributed by atoms with E-state index in [2.05, 4.69) is 25.2 Å². The van der Waals surface area contributed by atoms with Gasteiger partial charge in [0.2, 0.25) is 0 Å². The molecule has 0 saturated heterocycles. The molecule has 2 heteroatoms. The summed E-state index contributed by atoms with van der Waals surface area (Å²) in [5, 5.41) is 3.38. The van der Waals surface area contributed by atoms with E-state index in [1.165, 1.54) is 5.56 Å². The van der Waals surface area contributed by atoms with Crippen LogP contribution in [-0.4, -0.2) is 12.3 Å². The van der Waals surface area contributed by atoms with Gasteiger partial charge in [-0.1, -0.05) is 26.0 Å². The molecule has 0 spiro atoms. The van der Waals surface area contributed by atoms with Crippen LogP contribution in [0.5, 0.6) is 0 Å². The Bertz CT molecular complexity index is 407. The topological polar surface area (TPSA) is 29.1 Å². The highest BCUT2D eigenvalue weighted by atomic mass is 16.1. The maximum Gasteiger partial charge on any atom is 0.166 e. The number of nitrogens with one attached hydrogen (secondary N) is 1. The molecular weight excluding hydrogens is 210 g/mol. The van der Waals surface area contributed by atoms with Gasteiger partial charge < -0.3 is 5.32 Å². The van der Waals surface area contributed by atoms with Crippen LogP contribution in [0.1, 0.15) is 49.0 Å². The summed E-state index contributed by atoms with van der Waals surface area (Å²) in [6, 6.07) is 6.07. The lowest BCUT2D eigenvalue weighted by atomic mass is 9.87. The van der Waals surface area contributed by atoms with Gasteiger partial charge in [-0.25, -0.2) is 0 Å². The van der Waals surface area contributed by atoms with E-state index in [1.807, 2.05) is 12.1 Å². The molecule has 0 radical (unpaired) electrons. The van der Waals surface area contributed by atoms with Crippen molar-refractivity contribution in [2.24, 2.45) is 5.92 Å². The normalized spacial score (nSPS) is 14.3. The number of rotatable bonds is 4. The molecule has 1 aromatic carbocycles. The van der Waals surface area contributed by atoms with Gasteiger partial charge in [0.25, 0.3) is 0 Å². The van der Waals surface area contributed by atoms with E-state index in [9.17, 15) is 4.79 Å². The lowest BCUT2D eigenvalue weighted by molar-refractivity contribution is 0.0912. The second-order valence-corrected chi connectivity index (χ2v) is 4.74. The zero-order valence-corrected chi connectivity index (χ0v) is 10.8. The number of benzene rings is 1. The van der Waals surface area contributed by atoms with Crippen LogP contribution in [0.15, 0.2) is 18.2 Å². The Morgan fingerprint density at radius 3 is 2.82 bits per heavy atom. The van der Waals surface area contributed by atoms with Gasteiger partial charge in [0.05, 0.1) is 0 Å². The summed E-state index contributed by atoms with van der Waals surface area (Å²) >= 11 is 0. The molecule has 0 amide bonds. The Balaban J connectivity index is 2.35. The molecule has 0 saturated carbocycles. The lowest BCUT2D eigenvalue weighted by Crippen LogP contribution is -2.19. The summed E-state index contributed by atoms with van der Waals surface area (Å²) in [7, 11) is 0. The third-order valence-corrected chi connectivity index (χ3v) is 3.72. The standard InChI is InChI=1S/C15H21NO/c1-3-11(4-2)15(17)13-7-5-9-14-12(13)8-6-10-16-14/h5,7,9,11,16H,3-4,6,8,10H2,1-2H3. The quantitative estimate of drug-likeness (QED) is 0.801.